The summed E-state index contributed by atoms with van der Waals surface area (Å²) in [6.45, 7) is 1.71. The lowest BCUT2D eigenvalue weighted by Gasteiger charge is -1.93. The SMILES string of the molecule is C/C(C=O)=C\c1c[nH]c2ccc(F)cc12. The molecule has 0 aliphatic rings. The van der Waals surface area contributed by atoms with Crippen LogP contribution >= 0.6 is 0 Å². The van der Waals surface area contributed by atoms with Crippen LogP contribution in [0.2, 0.25) is 0 Å². The number of hydrogen-bond donors (Lipinski definition) is 1. The lowest BCUT2D eigenvalue weighted by molar-refractivity contribution is -0.104. The molecule has 2 aromatic rings. The molecule has 1 N–H and O–H groups in total. The molecule has 0 saturated heterocycles. The number of carbonyl (C=O) groups excluding carboxylic acids is 1. The van der Waals surface area contributed by atoms with Gasteiger partial charge in [-0.1, -0.05) is 0 Å². The van der Waals surface area contributed by atoms with Crippen molar-refractivity contribution in [1.29, 1.82) is 0 Å². The highest BCUT2D eigenvalue weighted by Gasteiger charge is 2.02. The number of rotatable bonds is 2. The molecule has 0 aliphatic carbocycles. The molecule has 3 heteroatoms. The van der Waals surface area contributed by atoms with Gasteiger partial charge in [0.25, 0.3) is 0 Å². The van der Waals surface area contributed by atoms with Crippen LogP contribution < -0.4 is 0 Å². The molecule has 76 valence electrons. The molecule has 0 fully saturated rings. The fourth-order valence-electron chi connectivity index (χ4n) is 1.51. The predicted molar refractivity (Wildman–Crippen MR) is 58.0 cm³/mol. The average Bonchev–Trinajstić information content (AvgIpc) is 2.61. The third-order valence-electron chi connectivity index (χ3n) is 2.24. The highest BCUT2D eigenvalue weighted by Crippen LogP contribution is 2.21. The van der Waals surface area contributed by atoms with Gasteiger partial charge in [-0.3, -0.25) is 4.79 Å². The summed E-state index contributed by atoms with van der Waals surface area (Å²) in [5.74, 6) is -0.277. The van der Waals surface area contributed by atoms with Gasteiger partial charge in [-0.2, -0.15) is 0 Å². The molecule has 1 heterocycles. The number of halogens is 1. The van der Waals surface area contributed by atoms with Gasteiger partial charge in [0, 0.05) is 22.7 Å². The van der Waals surface area contributed by atoms with Gasteiger partial charge in [0.15, 0.2) is 0 Å². The molecule has 0 radical (unpaired) electrons. The van der Waals surface area contributed by atoms with E-state index in [2.05, 4.69) is 4.98 Å². The van der Waals surface area contributed by atoms with Crippen LogP contribution in [0.25, 0.3) is 17.0 Å². The van der Waals surface area contributed by atoms with Crippen LogP contribution in [-0.2, 0) is 4.79 Å². The van der Waals surface area contributed by atoms with Crippen molar-refractivity contribution >= 4 is 23.3 Å². The smallest absolute Gasteiger partial charge is 0.145 e. The Morgan fingerprint density at radius 2 is 2.27 bits per heavy atom. The van der Waals surface area contributed by atoms with Crippen LogP contribution in [0.5, 0.6) is 0 Å². The zero-order valence-corrected chi connectivity index (χ0v) is 8.25. The minimum absolute atomic E-state index is 0.277. The molecule has 1 aromatic heterocycles. The number of benzene rings is 1. The summed E-state index contributed by atoms with van der Waals surface area (Å²) < 4.78 is 13.0. The maximum atomic E-state index is 13.0. The largest absolute Gasteiger partial charge is 0.361 e. The van der Waals surface area contributed by atoms with E-state index in [1.165, 1.54) is 12.1 Å². The van der Waals surface area contributed by atoms with Crippen molar-refractivity contribution in [3.05, 3.63) is 41.3 Å². The predicted octanol–water partition coefficient (Wildman–Crippen LogP) is 2.91. The fraction of sp³-hybridized carbons (Fsp3) is 0.0833. The van der Waals surface area contributed by atoms with Crippen molar-refractivity contribution in [2.24, 2.45) is 0 Å². The molecule has 0 saturated carbocycles. The van der Waals surface area contributed by atoms with Crippen LogP contribution in [0.3, 0.4) is 0 Å². The summed E-state index contributed by atoms with van der Waals surface area (Å²) >= 11 is 0. The summed E-state index contributed by atoms with van der Waals surface area (Å²) in [6.07, 6.45) is 4.26. The molecule has 0 unspecified atom stereocenters. The Hall–Kier alpha value is -1.90. The second-order valence-corrected chi connectivity index (χ2v) is 3.44. The maximum Gasteiger partial charge on any atom is 0.145 e. The summed E-state index contributed by atoms with van der Waals surface area (Å²) in [5, 5.41) is 0.788. The monoisotopic (exact) mass is 203 g/mol. The molecule has 0 spiro atoms. The molecule has 0 amide bonds. The fourth-order valence-corrected chi connectivity index (χ4v) is 1.51. The lowest BCUT2D eigenvalue weighted by Crippen LogP contribution is -1.77. The lowest BCUT2D eigenvalue weighted by atomic mass is 10.1. The van der Waals surface area contributed by atoms with Crippen molar-refractivity contribution in [3.8, 4) is 0 Å². The van der Waals surface area contributed by atoms with E-state index in [0.29, 0.717) is 5.57 Å². The van der Waals surface area contributed by atoms with Gasteiger partial charge in [-0.05, 0) is 36.8 Å². The zero-order chi connectivity index (χ0) is 10.8. The Labute approximate surface area is 86.4 Å². The number of fused-ring (bicyclic) bond motifs is 1. The van der Waals surface area contributed by atoms with Gasteiger partial charge >= 0.3 is 0 Å². The Bertz CT molecular complexity index is 540. The number of aldehydes is 1. The van der Waals surface area contributed by atoms with Gasteiger partial charge in [-0.25, -0.2) is 4.39 Å². The summed E-state index contributed by atoms with van der Waals surface area (Å²) in [7, 11) is 0. The first kappa shape index (κ1) is 9.65. The minimum atomic E-state index is -0.277. The van der Waals surface area contributed by atoms with Gasteiger partial charge in [0.2, 0.25) is 0 Å². The first-order valence-electron chi connectivity index (χ1n) is 4.61. The normalized spacial score (nSPS) is 12.0. The quantitative estimate of drug-likeness (QED) is 0.590. The van der Waals surface area contributed by atoms with E-state index in [0.717, 1.165) is 22.8 Å². The Morgan fingerprint density at radius 1 is 1.47 bits per heavy atom. The van der Waals surface area contributed by atoms with Crippen LogP contribution in [0, 0.1) is 5.82 Å². The van der Waals surface area contributed by atoms with Crippen LogP contribution in [0.15, 0.2) is 30.0 Å². The molecule has 0 bridgehead atoms. The maximum absolute atomic E-state index is 13.0. The average molecular weight is 203 g/mol. The number of H-pyrrole nitrogens is 1. The van der Waals surface area contributed by atoms with Gasteiger partial charge in [0.1, 0.15) is 12.1 Å². The first-order valence-corrected chi connectivity index (χ1v) is 4.61. The van der Waals surface area contributed by atoms with Gasteiger partial charge in [0.05, 0.1) is 0 Å². The van der Waals surface area contributed by atoms with Gasteiger partial charge in [-0.15, -0.1) is 0 Å². The molecule has 1 aromatic carbocycles. The molecule has 15 heavy (non-hydrogen) atoms. The molecule has 2 rings (SSSR count). The Kier molecular flexibility index (Phi) is 2.37. The summed E-state index contributed by atoms with van der Waals surface area (Å²) in [6, 6.07) is 4.53. The second kappa shape index (κ2) is 3.69. The first-order chi connectivity index (χ1) is 7.20. The van der Waals surface area contributed by atoms with Crippen LogP contribution in [0.4, 0.5) is 4.39 Å². The van der Waals surface area contributed by atoms with Crippen molar-refractivity contribution < 1.29 is 9.18 Å². The van der Waals surface area contributed by atoms with Crippen LogP contribution in [-0.4, -0.2) is 11.3 Å². The zero-order valence-electron chi connectivity index (χ0n) is 8.25. The number of allylic oxidation sites excluding steroid dienone is 1. The minimum Gasteiger partial charge on any atom is -0.361 e. The highest BCUT2D eigenvalue weighted by molar-refractivity contribution is 5.92. The summed E-state index contributed by atoms with van der Waals surface area (Å²) in [4.78, 5) is 13.5. The van der Waals surface area contributed by atoms with Crippen molar-refractivity contribution in [1.82, 2.24) is 4.98 Å². The van der Waals surface area contributed by atoms with Crippen LogP contribution in [0.1, 0.15) is 12.5 Å². The van der Waals surface area contributed by atoms with E-state index in [1.807, 2.05) is 0 Å². The molecule has 0 aliphatic heterocycles. The number of nitrogens with one attached hydrogen (secondary N) is 1. The van der Waals surface area contributed by atoms with E-state index in [-0.39, 0.29) is 5.82 Å². The topological polar surface area (TPSA) is 32.9 Å². The van der Waals surface area contributed by atoms with Crippen molar-refractivity contribution in [3.63, 3.8) is 0 Å². The number of aromatic nitrogens is 1. The van der Waals surface area contributed by atoms with Crippen molar-refractivity contribution in [2.75, 3.05) is 0 Å². The Balaban J connectivity index is 2.62. The molecular weight excluding hydrogens is 193 g/mol. The van der Waals surface area contributed by atoms with Gasteiger partial charge < -0.3 is 4.98 Å². The number of carbonyl (C=O) groups is 1. The van der Waals surface area contributed by atoms with Crippen molar-refractivity contribution in [2.45, 2.75) is 6.92 Å². The summed E-state index contributed by atoms with van der Waals surface area (Å²) in [5.41, 5.74) is 2.30. The second-order valence-electron chi connectivity index (χ2n) is 3.44. The Morgan fingerprint density at radius 3 is 3.00 bits per heavy atom. The molecule has 2 nitrogen and oxygen atoms in total. The van der Waals surface area contributed by atoms with E-state index >= 15 is 0 Å². The molecular formula is C12H10FNO. The standard InChI is InChI=1S/C12H10FNO/c1-8(7-15)4-9-6-14-12-3-2-10(13)5-11(9)12/h2-7,14H,1H3/b8-4+. The number of hydrogen-bond acceptors (Lipinski definition) is 1. The third kappa shape index (κ3) is 1.81. The third-order valence-corrected chi connectivity index (χ3v) is 2.24. The highest BCUT2D eigenvalue weighted by atomic mass is 19.1. The van der Waals surface area contributed by atoms with E-state index in [4.69, 9.17) is 0 Å². The number of aromatic amines is 1. The van der Waals surface area contributed by atoms with E-state index in [1.54, 1.807) is 25.3 Å². The molecule has 0 atom stereocenters. The van der Waals surface area contributed by atoms with E-state index in [9.17, 15) is 9.18 Å². The van der Waals surface area contributed by atoms with E-state index < -0.39 is 0 Å².